The third kappa shape index (κ3) is 2.80. The fraction of sp³-hybridized carbons (Fsp3) is 0.188. The summed E-state index contributed by atoms with van der Waals surface area (Å²) in [5.41, 5.74) is 1.20. The van der Waals surface area contributed by atoms with E-state index in [9.17, 15) is 4.79 Å². The van der Waals surface area contributed by atoms with Crippen LogP contribution < -0.4 is 20.3 Å². The highest BCUT2D eigenvalue weighted by molar-refractivity contribution is 5.75. The van der Waals surface area contributed by atoms with Crippen LogP contribution in [-0.2, 0) is 7.05 Å². The Morgan fingerprint density at radius 2 is 1.87 bits per heavy atom. The molecule has 0 fully saturated rings. The molecule has 0 saturated heterocycles. The van der Waals surface area contributed by atoms with Crippen molar-refractivity contribution in [3.05, 3.63) is 46.9 Å². The maximum atomic E-state index is 11.7. The lowest BCUT2D eigenvalue weighted by Gasteiger charge is -2.11. The lowest BCUT2D eigenvalue weighted by Crippen LogP contribution is -2.16. The van der Waals surface area contributed by atoms with Crippen molar-refractivity contribution in [1.82, 2.24) is 14.5 Å². The number of rotatable bonds is 4. The van der Waals surface area contributed by atoms with Gasteiger partial charge in [0.2, 0.25) is 5.95 Å². The zero-order chi connectivity index (χ0) is 16.4. The monoisotopic (exact) mass is 312 g/mol. The summed E-state index contributed by atoms with van der Waals surface area (Å²) in [6.07, 6.45) is 1.67. The van der Waals surface area contributed by atoms with Crippen molar-refractivity contribution in [2.75, 3.05) is 19.5 Å². The number of nitrogens with one attached hydrogen (secondary N) is 1. The van der Waals surface area contributed by atoms with E-state index in [0.717, 1.165) is 11.1 Å². The molecule has 1 aromatic carbocycles. The Hall–Kier alpha value is -3.09. The highest BCUT2D eigenvalue weighted by atomic mass is 16.5. The van der Waals surface area contributed by atoms with Gasteiger partial charge in [0.05, 0.1) is 14.2 Å². The molecule has 7 heteroatoms. The molecule has 0 amide bonds. The average Bonchev–Trinajstić information content (AvgIpc) is 2.58. The van der Waals surface area contributed by atoms with Gasteiger partial charge in [0.15, 0.2) is 11.5 Å². The van der Waals surface area contributed by atoms with E-state index in [0.29, 0.717) is 23.1 Å². The van der Waals surface area contributed by atoms with Gasteiger partial charge >= 0.3 is 0 Å². The third-order valence-electron chi connectivity index (χ3n) is 3.49. The summed E-state index contributed by atoms with van der Waals surface area (Å²) in [4.78, 5) is 20.4. The number of benzene rings is 1. The number of methoxy groups -OCH3 is 2. The van der Waals surface area contributed by atoms with Crippen LogP contribution in [0.5, 0.6) is 11.5 Å². The van der Waals surface area contributed by atoms with Gasteiger partial charge in [0.1, 0.15) is 5.65 Å². The number of nitrogens with zero attached hydrogens (tertiary/aromatic N) is 3. The van der Waals surface area contributed by atoms with Crippen LogP contribution in [0.4, 0.5) is 11.6 Å². The first-order valence-electron chi connectivity index (χ1n) is 6.94. The second-order valence-corrected chi connectivity index (χ2v) is 4.90. The van der Waals surface area contributed by atoms with Gasteiger partial charge in [-0.2, -0.15) is 4.98 Å². The Balaban J connectivity index is 1.98. The minimum absolute atomic E-state index is 0.117. The van der Waals surface area contributed by atoms with Gasteiger partial charge in [0, 0.05) is 36.5 Å². The van der Waals surface area contributed by atoms with Gasteiger partial charge in [-0.25, -0.2) is 4.98 Å². The molecular weight excluding hydrogens is 296 g/mol. The molecule has 0 aliphatic carbocycles. The Morgan fingerprint density at radius 1 is 1.09 bits per heavy atom. The second kappa shape index (κ2) is 5.96. The first kappa shape index (κ1) is 14.8. The maximum absolute atomic E-state index is 11.7. The molecular formula is C16H16N4O3. The minimum Gasteiger partial charge on any atom is -0.493 e. The van der Waals surface area contributed by atoms with Crippen molar-refractivity contribution >= 4 is 22.7 Å². The van der Waals surface area contributed by atoms with E-state index in [1.807, 2.05) is 6.07 Å². The van der Waals surface area contributed by atoms with Gasteiger partial charge in [-0.1, -0.05) is 0 Å². The van der Waals surface area contributed by atoms with Crippen LogP contribution >= 0.6 is 0 Å². The van der Waals surface area contributed by atoms with Crippen LogP contribution in [-0.4, -0.2) is 28.8 Å². The SMILES string of the molecule is COc1ccc(Nc2ncc3ccc(=O)n(C)c3n2)cc1OC. The summed E-state index contributed by atoms with van der Waals surface area (Å²) in [5, 5.41) is 3.89. The normalized spacial score (nSPS) is 10.6. The molecule has 0 bridgehead atoms. The molecule has 0 spiro atoms. The summed E-state index contributed by atoms with van der Waals surface area (Å²) in [6.45, 7) is 0. The van der Waals surface area contributed by atoms with Crippen LogP contribution in [0.2, 0.25) is 0 Å². The maximum Gasteiger partial charge on any atom is 0.251 e. The molecule has 3 rings (SSSR count). The predicted octanol–water partition coefficient (Wildman–Crippen LogP) is 2.09. The lowest BCUT2D eigenvalue weighted by atomic mass is 10.2. The quantitative estimate of drug-likeness (QED) is 0.795. The summed E-state index contributed by atoms with van der Waals surface area (Å²) in [7, 11) is 4.83. The fourth-order valence-corrected chi connectivity index (χ4v) is 2.25. The molecule has 0 saturated carbocycles. The van der Waals surface area contributed by atoms with Gasteiger partial charge in [-0.15, -0.1) is 0 Å². The molecule has 118 valence electrons. The molecule has 0 radical (unpaired) electrons. The molecule has 0 aliphatic heterocycles. The van der Waals surface area contributed by atoms with E-state index in [1.54, 1.807) is 45.7 Å². The van der Waals surface area contributed by atoms with Crippen LogP contribution in [0, 0.1) is 0 Å². The van der Waals surface area contributed by atoms with Crippen molar-refractivity contribution < 1.29 is 9.47 Å². The van der Waals surface area contributed by atoms with Crippen LogP contribution in [0.15, 0.2) is 41.3 Å². The summed E-state index contributed by atoms with van der Waals surface area (Å²) in [6, 6.07) is 8.61. The van der Waals surface area contributed by atoms with Crippen LogP contribution in [0.25, 0.3) is 11.0 Å². The van der Waals surface area contributed by atoms with Crippen molar-refractivity contribution in [3.63, 3.8) is 0 Å². The summed E-state index contributed by atoms with van der Waals surface area (Å²) >= 11 is 0. The molecule has 0 atom stereocenters. The third-order valence-corrected chi connectivity index (χ3v) is 3.49. The van der Waals surface area contributed by atoms with Crippen molar-refractivity contribution in [2.24, 2.45) is 7.05 Å². The highest BCUT2D eigenvalue weighted by Crippen LogP contribution is 2.30. The Labute approximate surface area is 132 Å². The van der Waals surface area contributed by atoms with E-state index in [-0.39, 0.29) is 5.56 Å². The standard InChI is InChI=1S/C16H16N4O3/c1-20-14(21)7-4-10-9-17-16(19-15(10)20)18-11-5-6-12(22-2)13(8-11)23-3/h4-9H,1-3H3,(H,17,18,19). The number of aryl methyl sites for hydroxylation is 1. The van der Waals surface area contributed by atoms with Crippen LogP contribution in [0.1, 0.15) is 0 Å². The van der Waals surface area contributed by atoms with E-state index in [2.05, 4.69) is 15.3 Å². The van der Waals surface area contributed by atoms with E-state index in [4.69, 9.17) is 9.47 Å². The smallest absolute Gasteiger partial charge is 0.251 e. The molecule has 23 heavy (non-hydrogen) atoms. The Bertz CT molecular complexity index is 921. The zero-order valence-corrected chi connectivity index (χ0v) is 13.0. The van der Waals surface area contributed by atoms with Gasteiger partial charge in [-0.05, 0) is 18.2 Å². The van der Waals surface area contributed by atoms with Gasteiger partial charge in [0.25, 0.3) is 5.56 Å². The Morgan fingerprint density at radius 3 is 2.61 bits per heavy atom. The fourth-order valence-electron chi connectivity index (χ4n) is 2.25. The van der Waals surface area contributed by atoms with E-state index in [1.165, 1.54) is 10.6 Å². The number of aromatic nitrogens is 3. The molecule has 2 heterocycles. The number of anilines is 2. The number of hydrogen-bond acceptors (Lipinski definition) is 6. The number of pyridine rings is 1. The largest absolute Gasteiger partial charge is 0.493 e. The van der Waals surface area contributed by atoms with E-state index < -0.39 is 0 Å². The molecule has 1 N–H and O–H groups in total. The molecule has 7 nitrogen and oxygen atoms in total. The van der Waals surface area contributed by atoms with Crippen molar-refractivity contribution in [3.8, 4) is 11.5 Å². The number of hydrogen-bond donors (Lipinski definition) is 1. The molecule has 0 unspecified atom stereocenters. The summed E-state index contributed by atoms with van der Waals surface area (Å²) in [5.74, 6) is 1.64. The first-order chi connectivity index (χ1) is 11.1. The Kier molecular flexibility index (Phi) is 3.84. The van der Waals surface area contributed by atoms with Gasteiger partial charge < -0.3 is 14.8 Å². The van der Waals surface area contributed by atoms with Crippen molar-refractivity contribution in [2.45, 2.75) is 0 Å². The number of ether oxygens (including phenoxy) is 2. The van der Waals surface area contributed by atoms with E-state index >= 15 is 0 Å². The topological polar surface area (TPSA) is 78.3 Å². The van der Waals surface area contributed by atoms with Gasteiger partial charge in [-0.3, -0.25) is 9.36 Å². The molecule has 3 aromatic rings. The molecule has 2 aromatic heterocycles. The predicted molar refractivity (Wildman–Crippen MR) is 87.6 cm³/mol. The van der Waals surface area contributed by atoms with Crippen LogP contribution in [0.3, 0.4) is 0 Å². The summed E-state index contributed by atoms with van der Waals surface area (Å²) < 4.78 is 12.0. The number of fused-ring (bicyclic) bond motifs is 1. The average molecular weight is 312 g/mol. The second-order valence-electron chi connectivity index (χ2n) is 4.90. The first-order valence-corrected chi connectivity index (χ1v) is 6.94. The van der Waals surface area contributed by atoms with Crippen molar-refractivity contribution in [1.29, 1.82) is 0 Å². The highest BCUT2D eigenvalue weighted by Gasteiger charge is 2.07. The minimum atomic E-state index is -0.117. The molecule has 0 aliphatic rings. The zero-order valence-electron chi connectivity index (χ0n) is 13.0. The lowest BCUT2D eigenvalue weighted by molar-refractivity contribution is 0.355.